The van der Waals surface area contributed by atoms with Gasteiger partial charge in [-0.15, -0.1) is 11.3 Å². The summed E-state index contributed by atoms with van der Waals surface area (Å²) in [5.41, 5.74) is 7.61. The lowest BCUT2D eigenvalue weighted by Gasteiger charge is -2.22. The molecule has 1 heterocycles. The molecule has 16 heavy (non-hydrogen) atoms. The van der Waals surface area contributed by atoms with Gasteiger partial charge >= 0.3 is 0 Å². The minimum atomic E-state index is 0.161. The topological polar surface area (TPSA) is 26.0 Å². The molecule has 0 amide bonds. The average molecular weight is 369 g/mol. The van der Waals surface area contributed by atoms with Gasteiger partial charge in [0.25, 0.3) is 0 Å². The first-order valence-electron chi connectivity index (χ1n) is 5.80. The van der Waals surface area contributed by atoms with Gasteiger partial charge in [-0.1, -0.05) is 33.1 Å². The van der Waals surface area contributed by atoms with E-state index in [1.165, 1.54) is 28.6 Å². The highest BCUT2D eigenvalue weighted by Crippen LogP contribution is 2.38. The Morgan fingerprint density at radius 1 is 1.38 bits per heavy atom. The van der Waals surface area contributed by atoms with Crippen molar-refractivity contribution in [1.29, 1.82) is 0 Å². The molecule has 1 nitrogen and oxygen atoms in total. The Balaban J connectivity index is 2.74. The highest BCUT2D eigenvalue weighted by atomic mass is 79.9. The van der Waals surface area contributed by atoms with Crippen molar-refractivity contribution < 1.29 is 0 Å². The normalized spacial score (nSPS) is 15.1. The van der Waals surface area contributed by atoms with Gasteiger partial charge in [-0.25, -0.2) is 0 Å². The van der Waals surface area contributed by atoms with Crippen molar-refractivity contribution in [1.82, 2.24) is 0 Å². The summed E-state index contributed by atoms with van der Waals surface area (Å²) in [6.07, 6.45) is 4.90. The third-order valence-corrected chi connectivity index (χ3v) is 5.39. The van der Waals surface area contributed by atoms with Crippen LogP contribution in [0.15, 0.2) is 13.6 Å². The predicted molar refractivity (Wildman–Crippen MR) is 80.0 cm³/mol. The Labute approximate surface area is 119 Å². The van der Waals surface area contributed by atoms with Gasteiger partial charge < -0.3 is 5.73 Å². The minimum absolute atomic E-state index is 0.161. The van der Waals surface area contributed by atoms with Gasteiger partial charge in [-0.2, -0.15) is 0 Å². The summed E-state index contributed by atoms with van der Waals surface area (Å²) in [4.78, 5) is 0. The lowest BCUT2D eigenvalue weighted by Crippen LogP contribution is -2.20. The molecule has 4 heteroatoms. The Hall–Kier alpha value is 0.620. The van der Waals surface area contributed by atoms with Crippen LogP contribution in [0.2, 0.25) is 0 Å². The number of hydrogen-bond donors (Lipinski definition) is 1. The summed E-state index contributed by atoms with van der Waals surface area (Å²) in [5.74, 6) is 0.595. The molecular weight excluding hydrogens is 350 g/mol. The molecule has 0 radical (unpaired) electrons. The number of nitrogens with two attached hydrogens (primary N) is 1. The molecule has 2 N–H and O–H groups in total. The van der Waals surface area contributed by atoms with E-state index in [0.29, 0.717) is 5.92 Å². The van der Waals surface area contributed by atoms with E-state index in [-0.39, 0.29) is 6.04 Å². The molecule has 0 aromatic carbocycles. The van der Waals surface area contributed by atoms with Crippen LogP contribution in [0.3, 0.4) is 0 Å². The molecular formula is C12H19Br2NS. The number of halogens is 2. The second-order valence-corrected chi connectivity index (χ2v) is 7.87. The molecule has 0 bridgehead atoms. The third-order valence-electron chi connectivity index (χ3n) is 3.00. The lowest BCUT2D eigenvalue weighted by atomic mass is 9.89. The first kappa shape index (κ1) is 14.7. The van der Waals surface area contributed by atoms with Crippen molar-refractivity contribution in [2.45, 2.75) is 45.6 Å². The van der Waals surface area contributed by atoms with Crippen molar-refractivity contribution in [3.8, 4) is 0 Å². The van der Waals surface area contributed by atoms with Crippen molar-refractivity contribution in [3.63, 3.8) is 0 Å². The van der Waals surface area contributed by atoms with Crippen LogP contribution in [0, 0.1) is 5.92 Å². The maximum absolute atomic E-state index is 6.36. The number of thiophene rings is 1. The zero-order valence-corrected chi connectivity index (χ0v) is 13.8. The molecule has 1 aromatic rings. The third kappa shape index (κ3) is 3.83. The van der Waals surface area contributed by atoms with Crippen LogP contribution in [-0.4, -0.2) is 0 Å². The number of unbranched alkanes of at least 4 members (excludes halogenated alkanes) is 1. The second kappa shape index (κ2) is 7.14. The van der Waals surface area contributed by atoms with Gasteiger partial charge in [0.2, 0.25) is 0 Å². The van der Waals surface area contributed by atoms with E-state index in [1.807, 2.05) is 0 Å². The summed E-state index contributed by atoms with van der Waals surface area (Å²) in [6.45, 7) is 4.46. The lowest BCUT2D eigenvalue weighted by molar-refractivity contribution is 0.378. The van der Waals surface area contributed by atoms with Crippen molar-refractivity contribution in [3.05, 3.63) is 19.2 Å². The van der Waals surface area contributed by atoms with Crippen LogP contribution in [0.25, 0.3) is 0 Å². The van der Waals surface area contributed by atoms with Gasteiger partial charge in [0.15, 0.2) is 0 Å². The minimum Gasteiger partial charge on any atom is -0.324 e. The predicted octanol–water partition coefficient (Wildman–Crippen LogP) is 5.49. The Morgan fingerprint density at radius 2 is 2.06 bits per heavy atom. The highest BCUT2D eigenvalue weighted by Gasteiger charge is 2.21. The second-order valence-electron chi connectivity index (χ2n) is 4.12. The molecule has 1 rings (SSSR count). The van der Waals surface area contributed by atoms with E-state index < -0.39 is 0 Å². The van der Waals surface area contributed by atoms with Crippen LogP contribution >= 0.6 is 43.2 Å². The summed E-state index contributed by atoms with van der Waals surface area (Å²) in [7, 11) is 0. The van der Waals surface area contributed by atoms with Gasteiger partial charge in [-0.05, 0) is 55.8 Å². The molecule has 0 aliphatic heterocycles. The van der Waals surface area contributed by atoms with Crippen LogP contribution in [0.5, 0.6) is 0 Å². The fourth-order valence-corrected chi connectivity index (χ4v) is 4.89. The largest absolute Gasteiger partial charge is 0.324 e. The van der Waals surface area contributed by atoms with Crippen LogP contribution in [0.4, 0.5) is 0 Å². The fourth-order valence-electron chi connectivity index (χ4n) is 1.94. The van der Waals surface area contributed by atoms with Crippen molar-refractivity contribution in [2.24, 2.45) is 11.7 Å². The maximum atomic E-state index is 6.36. The molecule has 2 atom stereocenters. The standard InChI is InChI=1S/C12H19Br2NS/c1-3-5-6-8(4-2)11(15)9-7-10(13)16-12(9)14/h7-8,11H,3-6,15H2,1-2H3. The van der Waals surface area contributed by atoms with Crippen LogP contribution < -0.4 is 5.73 Å². The number of hydrogen-bond acceptors (Lipinski definition) is 2. The average Bonchev–Trinajstić information content (AvgIpc) is 2.58. The van der Waals surface area contributed by atoms with Gasteiger partial charge in [-0.3, -0.25) is 0 Å². The summed E-state index contributed by atoms with van der Waals surface area (Å²) in [5, 5.41) is 0. The smallest absolute Gasteiger partial charge is 0.0758 e. The van der Waals surface area contributed by atoms with E-state index in [0.717, 1.165) is 10.2 Å². The van der Waals surface area contributed by atoms with E-state index in [9.17, 15) is 0 Å². The molecule has 2 unspecified atom stereocenters. The molecule has 0 spiro atoms. The van der Waals surface area contributed by atoms with Crippen LogP contribution in [0.1, 0.15) is 51.1 Å². The van der Waals surface area contributed by atoms with Crippen LogP contribution in [-0.2, 0) is 0 Å². The first-order valence-corrected chi connectivity index (χ1v) is 8.20. The maximum Gasteiger partial charge on any atom is 0.0758 e. The van der Waals surface area contributed by atoms with Gasteiger partial charge in [0.05, 0.1) is 7.57 Å². The molecule has 92 valence electrons. The van der Waals surface area contributed by atoms with E-state index in [2.05, 4.69) is 51.8 Å². The SMILES string of the molecule is CCCCC(CC)C(N)c1cc(Br)sc1Br. The zero-order chi connectivity index (χ0) is 12.1. The molecule has 0 saturated carbocycles. The highest BCUT2D eigenvalue weighted by molar-refractivity contribution is 9.12. The number of rotatable bonds is 6. The zero-order valence-electron chi connectivity index (χ0n) is 9.80. The molecule has 0 aliphatic rings. The summed E-state index contributed by atoms with van der Waals surface area (Å²) >= 11 is 8.80. The van der Waals surface area contributed by atoms with E-state index in [4.69, 9.17) is 5.73 Å². The molecule has 0 aliphatic carbocycles. The fraction of sp³-hybridized carbons (Fsp3) is 0.667. The van der Waals surface area contributed by atoms with Crippen molar-refractivity contribution >= 4 is 43.2 Å². The summed E-state index contributed by atoms with van der Waals surface area (Å²) in [6, 6.07) is 2.31. The van der Waals surface area contributed by atoms with E-state index in [1.54, 1.807) is 11.3 Å². The monoisotopic (exact) mass is 367 g/mol. The molecule has 1 aromatic heterocycles. The van der Waals surface area contributed by atoms with Crippen molar-refractivity contribution in [2.75, 3.05) is 0 Å². The Morgan fingerprint density at radius 3 is 2.50 bits per heavy atom. The van der Waals surface area contributed by atoms with E-state index >= 15 is 0 Å². The molecule has 0 fully saturated rings. The molecule has 0 saturated heterocycles. The Bertz CT molecular complexity index is 325. The Kier molecular flexibility index (Phi) is 6.55. The summed E-state index contributed by atoms with van der Waals surface area (Å²) < 4.78 is 2.32. The first-order chi connectivity index (χ1) is 7.60. The van der Waals surface area contributed by atoms with Gasteiger partial charge in [0.1, 0.15) is 0 Å². The van der Waals surface area contributed by atoms with Gasteiger partial charge in [0, 0.05) is 6.04 Å². The quantitative estimate of drug-likeness (QED) is 0.705.